The zero-order valence-electron chi connectivity index (χ0n) is 13.9. The van der Waals surface area contributed by atoms with Crippen molar-refractivity contribution in [3.8, 4) is 0 Å². The minimum atomic E-state index is -1.05. The number of nitrogens with one attached hydrogen (secondary N) is 2. The van der Waals surface area contributed by atoms with Gasteiger partial charge >= 0.3 is 12.0 Å². The minimum Gasteiger partial charge on any atom is -0.480 e. The van der Waals surface area contributed by atoms with Gasteiger partial charge in [-0.3, -0.25) is 9.69 Å². The van der Waals surface area contributed by atoms with E-state index < -0.39 is 17.9 Å². The van der Waals surface area contributed by atoms with Gasteiger partial charge in [0.05, 0.1) is 0 Å². The molecule has 1 aromatic carbocycles. The SMILES string of the molecule is CC[C@H](C)[C@H](NC(=O)c1cccc(N2CCCNC2=O)c1)C(=O)O. The number of urea groups is 1. The molecule has 7 heteroatoms. The van der Waals surface area contributed by atoms with Crippen molar-refractivity contribution in [3.63, 3.8) is 0 Å². The lowest BCUT2D eigenvalue weighted by molar-refractivity contribution is -0.140. The molecule has 0 spiro atoms. The molecule has 0 radical (unpaired) electrons. The third-order valence-electron chi connectivity index (χ3n) is 4.27. The van der Waals surface area contributed by atoms with Crippen LogP contribution in [0.25, 0.3) is 0 Å². The van der Waals surface area contributed by atoms with Crippen LogP contribution in [0.15, 0.2) is 24.3 Å². The Kier molecular flexibility index (Phi) is 5.78. The third-order valence-corrected chi connectivity index (χ3v) is 4.27. The van der Waals surface area contributed by atoms with E-state index in [1.807, 2.05) is 6.92 Å². The summed E-state index contributed by atoms with van der Waals surface area (Å²) >= 11 is 0. The standard InChI is InChI=1S/C17H23N3O4/c1-3-11(2)14(16(22)23)19-15(21)12-6-4-7-13(10-12)20-9-5-8-18-17(20)24/h4,6-7,10-11,14H,3,5,8-9H2,1-2H3,(H,18,24)(H,19,21)(H,22,23)/t11-,14-/m0/s1. The summed E-state index contributed by atoms with van der Waals surface area (Å²) < 4.78 is 0. The molecule has 24 heavy (non-hydrogen) atoms. The summed E-state index contributed by atoms with van der Waals surface area (Å²) in [6.07, 6.45) is 1.47. The van der Waals surface area contributed by atoms with E-state index >= 15 is 0 Å². The smallest absolute Gasteiger partial charge is 0.326 e. The van der Waals surface area contributed by atoms with E-state index in [0.29, 0.717) is 30.8 Å². The van der Waals surface area contributed by atoms with Gasteiger partial charge in [0.2, 0.25) is 0 Å². The van der Waals surface area contributed by atoms with Crippen LogP contribution in [0.2, 0.25) is 0 Å². The second-order valence-corrected chi connectivity index (χ2v) is 5.96. The Morgan fingerprint density at radius 3 is 2.79 bits per heavy atom. The molecule has 3 amide bonds. The number of hydrogen-bond acceptors (Lipinski definition) is 3. The molecule has 1 aromatic rings. The lowest BCUT2D eigenvalue weighted by atomic mass is 9.99. The van der Waals surface area contributed by atoms with Gasteiger partial charge in [0.25, 0.3) is 5.91 Å². The first-order chi connectivity index (χ1) is 11.4. The molecule has 0 saturated carbocycles. The number of carboxylic acids is 1. The van der Waals surface area contributed by atoms with Gasteiger partial charge in [-0.05, 0) is 30.5 Å². The van der Waals surface area contributed by atoms with Gasteiger partial charge in [-0.2, -0.15) is 0 Å². The number of carbonyl (C=O) groups excluding carboxylic acids is 2. The molecule has 0 aromatic heterocycles. The summed E-state index contributed by atoms with van der Waals surface area (Å²) in [4.78, 5) is 37.2. The van der Waals surface area contributed by atoms with Crippen LogP contribution in [0.4, 0.5) is 10.5 Å². The summed E-state index contributed by atoms with van der Waals surface area (Å²) in [7, 11) is 0. The van der Waals surface area contributed by atoms with Crippen LogP contribution in [0.5, 0.6) is 0 Å². The van der Waals surface area contributed by atoms with E-state index in [9.17, 15) is 19.5 Å². The average Bonchev–Trinajstić information content (AvgIpc) is 2.59. The molecule has 2 rings (SSSR count). The second-order valence-electron chi connectivity index (χ2n) is 5.96. The van der Waals surface area contributed by atoms with E-state index in [4.69, 9.17) is 0 Å². The fourth-order valence-electron chi connectivity index (χ4n) is 2.60. The third kappa shape index (κ3) is 4.04. The summed E-state index contributed by atoms with van der Waals surface area (Å²) in [5.74, 6) is -1.69. The maximum absolute atomic E-state index is 12.4. The van der Waals surface area contributed by atoms with Crippen molar-refractivity contribution < 1.29 is 19.5 Å². The van der Waals surface area contributed by atoms with Crippen LogP contribution in [0.3, 0.4) is 0 Å². The number of amides is 3. The molecule has 1 aliphatic heterocycles. The Morgan fingerprint density at radius 1 is 1.42 bits per heavy atom. The van der Waals surface area contributed by atoms with Crippen molar-refractivity contribution >= 4 is 23.6 Å². The predicted octanol–water partition coefficient (Wildman–Crippen LogP) is 1.84. The number of carbonyl (C=O) groups is 3. The van der Waals surface area contributed by atoms with Crippen LogP contribution in [0.1, 0.15) is 37.0 Å². The van der Waals surface area contributed by atoms with Crippen molar-refractivity contribution in [1.29, 1.82) is 0 Å². The van der Waals surface area contributed by atoms with Crippen LogP contribution >= 0.6 is 0 Å². The van der Waals surface area contributed by atoms with Gasteiger partial charge in [-0.15, -0.1) is 0 Å². The van der Waals surface area contributed by atoms with Gasteiger partial charge in [-0.1, -0.05) is 26.3 Å². The number of nitrogens with zero attached hydrogens (tertiary/aromatic N) is 1. The average molecular weight is 333 g/mol. The van der Waals surface area contributed by atoms with Crippen LogP contribution < -0.4 is 15.5 Å². The van der Waals surface area contributed by atoms with Crippen molar-refractivity contribution in [2.75, 3.05) is 18.0 Å². The molecular weight excluding hydrogens is 310 g/mol. The van der Waals surface area contributed by atoms with E-state index in [0.717, 1.165) is 6.42 Å². The molecule has 2 atom stereocenters. The van der Waals surface area contributed by atoms with Gasteiger partial charge in [0.1, 0.15) is 6.04 Å². The molecule has 1 saturated heterocycles. The Bertz CT molecular complexity index is 632. The highest BCUT2D eigenvalue weighted by Gasteiger charge is 2.26. The molecule has 1 fully saturated rings. The summed E-state index contributed by atoms with van der Waals surface area (Å²) in [6.45, 7) is 4.89. The van der Waals surface area contributed by atoms with E-state index in [2.05, 4.69) is 10.6 Å². The first-order valence-corrected chi connectivity index (χ1v) is 8.13. The lowest BCUT2D eigenvalue weighted by Crippen LogP contribution is -2.47. The summed E-state index contributed by atoms with van der Waals surface area (Å²) in [5.41, 5.74) is 0.954. The number of anilines is 1. The highest BCUT2D eigenvalue weighted by Crippen LogP contribution is 2.19. The summed E-state index contributed by atoms with van der Waals surface area (Å²) in [6, 6.07) is 5.52. The number of aliphatic carboxylic acids is 1. The number of carboxylic acid groups (broad SMARTS) is 1. The fourth-order valence-corrected chi connectivity index (χ4v) is 2.60. The zero-order valence-corrected chi connectivity index (χ0v) is 13.9. The monoisotopic (exact) mass is 333 g/mol. The Balaban J connectivity index is 2.16. The lowest BCUT2D eigenvalue weighted by Gasteiger charge is -2.27. The normalized spacial score (nSPS) is 16.9. The Morgan fingerprint density at radius 2 is 2.17 bits per heavy atom. The molecule has 1 aliphatic rings. The largest absolute Gasteiger partial charge is 0.480 e. The van der Waals surface area contributed by atoms with Gasteiger partial charge in [0, 0.05) is 24.3 Å². The van der Waals surface area contributed by atoms with Gasteiger partial charge in [0.15, 0.2) is 0 Å². The van der Waals surface area contributed by atoms with Crippen molar-refractivity contribution in [2.45, 2.75) is 32.7 Å². The topological polar surface area (TPSA) is 98.7 Å². The first kappa shape index (κ1) is 17.8. The highest BCUT2D eigenvalue weighted by atomic mass is 16.4. The number of benzene rings is 1. The van der Waals surface area contributed by atoms with Gasteiger partial charge in [-0.25, -0.2) is 9.59 Å². The molecule has 1 heterocycles. The fraction of sp³-hybridized carbons (Fsp3) is 0.471. The second kappa shape index (κ2) is 7.81. The molecule has 0 aliphatic carbocycles. The van der Waals surface area contributed by atoms with E-state index in [1.54, 1.807) is 36.1 Å². The van der Waals surface area contributed by atoms with Crippen LogP contribution in [-0.4, -0.2) is 42.1 Å². The molecule has 0 unspecified atom stereocenters. The first-order valence-electron chi connectivity index (χ1n) is 8.13. The molecular formula is C17H23N3O4. The quantitative estimate of drug-likeness (QED) is 0.739. The van der Waals surface area contributed by atoms with Crippen LogP contribution in [-0.2, 0) is 4.79 Å². The maximum atomic E-state index is 12.4. The van der Waals surface area contributed by atoms with Gasteiger partial charge < -0.3 is 15.7 Å². The van der Waals surface area contributed by atoms with Crippen molar-refractivity contribution in [3.05, 3.63) is 29.8 Å². The zero-order chi connectivity index (χ0) is 17.7. The molecule has 7 nitrogen and oxygen atoms in total. The van der Waals surface area contributed by atoms with E-state index in [1.165, 1.54) is 0 Å². The predicted molar refractivity (Wildman–Crippen MR) is 90.1 cm³/mol. The number of hydrogen-bond donors (Lipinski definition) is 3. The van der Waals surface area contributed by atoms with Crippen molar-refractivity contribution in [1.82, 2.24) is 10.6 Å². The minimum absolute atomic E-state index is 0.178. The van der Waals surface area contributed by atoms with E-state index in [-0.39, 0.29) is 11.9 Å². The Labute approximate surface area is 141 Å². The maximum Gasteiger partial charge on any atom is 0.326 e. The number of rotatable bonds is 6. The molecule has 130 valence electrons. The van der Waals surface area contributed by atoms with Crippen molar-refractivity contribution in [2.24, 2.45) is 5.92 Å². The highest BCUT2D eigenvalue weighted by molar-refractivity contribution is 5.99. The molecule has 3 N–H and O–H groups in total. The van der Waals surface area contributed by atoms with Crippen LogP contribution in [0, 0.1) is 5.92 Å². The summed E-state index contributed by atoms with van der Waals surface area (Å²) in [5, 5.41) is 14.6. The Hall–Kier alpha value is -2.57. The molecule has 0 bridgehead atoms.